The summed E-state index contributed by atoms with van der Waals surface area (Å²) in [6.45, 7) is 1.75. The van der Waals surface area contributed by atoms with Crippen molar-refractivity contribution in [3.05, 3.63) is 18.0 Å². The summed E-state index contributed by atoms with van der Waals surface area (Å²) in [5.41, 5.74) is -0.865. The molecule has 0 aliphatic carbocycles. The van der Waals surface area contributed by atoms with Crippen LogP contribution in [0.25, 0.3) is 0 Å². The van der Waals surface area contributed by atoms with Crippen LogP contribution < -0.4 is 4.74 Å². The minimum absolute atomic E-state index is 0.00306. The van der Waals surface area contributed by atoms with Gasteiger partial charge in [-0.2, -0.15) is 13.2 Å². The van der Waals surface area contributed by atoms with Gasteiger partial charge in [-0.1, -0.05) is 0 Å². The molecule has 0 amide bonds. The topological polar surface area (TPSA) is 38.2 Å². The van der Waals surface area contributed by atoms with Crippen LogP contribution in [0.15, 0.2) is 12.4 Å². The molecule has 1 aliphatic heterocycles. The van der Waals surface area contributed by atoms with Gasteiger partial charge in [0.1, 0.15) is 6.10 Å². The highest BCUT2D eigenvalue weighted by Crippen LogP contribution is 2.28. The van der Waals surface area contributed by atoms with Crippen molar-refractivity contribution in [2.24, 2.45) is 0 Å². The van der Waals surface area contributed by atoms with Gasteiger partial charge in [0.25, 0.3) is 0 Å². The third kappa shape index (κ3) is 3.32. The number of hydrogen-bond donors (Lipinski definition) is 0. The zero-order valence-corrected chi connectivity index (χ0v) is 9.94. The zero-order chi connectivity index (χ0) is 13.2. The fraction of sp³-hybridized carbons (Fsp3) is 0.636. The Balaban J connectivity index is 1.98. The highest BCUT2D eigenvalue weighted by molar-refractivity contribution is 5.11. The minimum atomic E-state index is -4.41. The Labute approximate surface area is 103 Å². The number of likely N-dealkylation sites (N-methyl/N-ethyl adjacent to an activating group) is 1. The van der Waals surface area contributed by atoms with Gasteiger partial charge >= 0.3 is 12.2 Å². The van der Waals surface area contributed by atoms with Crippen molar-refractivity contribution in [2.45, 2.75) is 25.1 Å². The van der Waals surface area contributed by atoms with E-state index in [0.717, 1.165) is 38.3 Å². The van der Waals surface area contributed by atoms with Crippen LogP contribution in [-0.4, -0.2) is 41.1 Å². The zero-order valence-electron chi connectivity index (χ0n) is 9.94. The lowest BCUT2D eigenvalue weighted by Gasteiger charge is -2.29. The van der Waals surface area contributed by atoms with Crippen molar-refractivity contribution in [2.75, 3.05) is 20.1 Å². The molecule has 0 bridgehead atoms. The Morgan fingerprint density at radius 2 is 2.00 bits per heavy atom. The molecule has 0 spiro atoms. The molecule has 2 rings (SSSR count). The van der Waals surface area contributed by atoms with Gasteiger partial charge in [0.2, 0.25) is 0 Å². The van der Waals surface area contributed by atoms with Crippen LogP contribution in [0.3, 0.4) is 0 Å². The molecule has 1 atom stereocenters. The van der Waals surface area contributed by atoms with Gasteiger partial charge < -0.3 is 9.64 Å². The number of likely N-dealkylation sites (tertiary alicyclic amines) is 1. The van der Waals surface area contributed by atoms with Crippen molar-refractivity contribution >= 4 is 0 Å². The molecule has 0 N–H and O–H groups in total. The molecule has 0 aromatic carbocycles. The number of piperidine rings is 1. The first-order valence-electron chi connectivity index (χ1n) is 5.69. The van der Waals surface area contributed by atoms with E-state index in [4.69, 9.17) is 4.74 Å². The molecule has 1 aliphatic rings. The average Bonchev–Trinajstić information content (AvgIpc) is 2.28. The lowest BCUT2D eigenvalue weighted by atomic mass is 10.1. The molecule has 0 saturated carbocycles. The molecule has 1 fully saturated rings. The van der Waals surface area contributed by atoms with E-state index < -0.39 is 11.7 Å². The summed E-state index contributed by atoms with van der Waals surface area (Å²) in [7, 11) is 1.98. The summed E-state index contributed by atoms with van der Waals surface area (Å²) in [6, 6.07) is 0.00306. The summed E-state index contributed by atoms with van der Waals surface area (Å²) in [5.74, 6) is 0. The van der Waals surface area contributed by atoms with Crippen molar-refractivity contribution < 1.29 is 17.9 Å². The maximum atomic E-state index is 12.3. The highest BCUT2D eigenvalue weighted by Gasteiger charge is 2.31. The van der Waals surface area contributed by atoms with E-state index in [1.165, 1.54) is 0 Å². The number of rotatable bonds is 2. The van der Waals surface area contributed by atoms with Gasteiger partial charge in [-0.05, 0) is 26.4 Å². The quantitative estimate of drug-likeness (QED) is 0.815. The second-order valence-electron chi connectivity index (χ2n) is 4.40. The van der Waals surface area contributed by atoms with Crippen LogP contribution >= 0.6 is 0 Å². The number of aromatic nitrogens is 2. The molecule has 0 radical (unpaired) electrons. The SMILES string of the molecule is CN1CCC[C@@H](Oc2ncc(C(F)(F)F)cn2)C1. The van der Waals surface area contributed by atoms with E-state index in [1.807, 2.05) is 7.05 Å². The summed E-state index contributed by atoms with van der Waals surface area (Å²) in [4.78, 5) is 9.29. The van der Waals surface area contributed by atoms with Gasteiger partial charge in [-0.25, -0.2) is 9.97 Å². The van der Waals surface area contributed by atoms with Crippen LogP contribution in [-0.2, 0) is 6.18 Å². The minimum Gasteiger partial charge on any atom is -0.459 e. The Morgan fingerprint density at radius 3 is 2.56 bits per heavy atom. The Hall–Kier alpha value is -1.37. The number of alkyl halides is 3. The van der Waals surface area contributed by atoms with E-state index in [9.17, 15) is 13.2 Å². The Morgan fingerprint density at radius 1 is 1.33 bits per heavy atom. The van der Waals surface area contributed by atoms with Crippen molar-refractivity contribution in [1.29, 1.82) is 0 Å². The smallest absolute Gasteiger partial charge is 0.419 e. The first kappa shape index (κ1) is 13.1. The fourth-order valence-corrected chi connectivity index (χ4v) is 1.89. The lowest BCUT2D eigenvalue weighted by Crippen LogP contribution is -2.38. The van der Waals surface area contributed by atoms with E-state index >= 15 is 0 Å². The molecule has 0 unspecified atom stereocenters. The number of ether oxygens (including phenoxy) is 1. The molecular weight excluding hydrogens is 247 g/mol. The van der Waals surface area contributed by atoms with Gasteiger partial charge in [-0.15, -0.1) is 0 Å². The molecular formula is C11H14F3N3O. The van der Waals surface area contributed by atoms with Gasteiger partial charge in [0.05, 0.1) is 5.56 Å². The second-order valence-corrected chi connectivity index (χ2v) is 4.40. The predicted octanol–water partition coefficient (Wildman–Crippen LogP) is 1.97. The maximum absolute atomic E-state index is 12.3. The first-order valence-corrected chi connectivity index (χ1v) is 5.69. The summed E-state index contributed by atoms with van der Waals surface area (Å²) in [5, 5.41) is 0. The van der Waals surface area contributed by atoms with Crippen molar-refractivity contribution in [1.82, 2.24) is 14.9 Å². The molecule has 2 heterocycles. The molecule has 100 valence electrons. The van der Waals surface area contributed by atoms with Gasteiger partial charge in [-0.3, -0.25) is 0 Å². The highest BCUT2D eigenvalue weighted by atomic mass is 19.4. The summed E-state index contributed by atoms with van der Waals surface area (Å²) >= 11 is 0. The van der Waals surface area contributed by atoms with Crippen LogP contribution in [0, 0.1) is 0 Å². The van der Waals surface area contributed by atoms with Gasteiger partial charge in [0.15, 0.2) is 0 Å². The molecule has 1 aromatic heterocycles. The van der Waals surface area contributed by atoms with Crippen molar-refractivity contribution in [3.8, 4) is 6.01 Å². The largest absolute Gasteiger partial charge is 0.459 e. The predicted molar refractivity (Wildman–Crippen MR) is 58.2 cm³/mol. The van der Waals surface area contributed by atoms with Crippen LogP contribution in [0.2, 0.25) is 0 Å². The summed E-state index contributed by atoms with van der Waals surface area (Å²) in [6.07, 6.45) is -1.11. The fourth-order valence-electron chi connectivity index (χ4n) is 1.89. The molecule has 18 heavy (non-hydrogen) atoms. The number of hydrogen-bond acceptors (Lipinski definition) is 4. The molecule has 1 aromatic rings. The Bertz CT molecular complexity index is 394. The standard InChI is InChI=1S/C11H14F3N3O/c1-17-4-2-3-9(7-17)18-10-15-5-8(6-16-10)11(12,13)14/h5-6,9H,2-4,7H2,1H3/t9-/m1/s1. The summed E-state index contributed by atoms with van der Waals surface area (Å²) < 4.78 is 42.4. The molecule has 4 nitrogen and oxygen atoms in total. The second kappa shape index (κ2) is 5.09. The monoisotopic (exact) mass is 261 g/mol. The molecule has 7 heteroatoms. The number of halogens is 3. The van der Waals surface area contributed by atoms with E-state index in [2.05, 4.69) is 14.9 Å². The maximum Gasteiger partial charge on any atom is 0.419 e. The van der Waals surface area contributed by atoms with Crippen molar-refractivity contribution in [3.63, 3.8) is 0 Å². The van der Waals surface area contributed by atoms with Crippen LogP contribution in [0.4, 0.5) is 13.2 Å². The third-order valence-electron chi connectivity index (χ3n) is 2.81. The van der Waals surface area contributed by atoms with E-state index in [0.29, 0.717) is 0 Å². The van der Waals surface area contributed by atoms with Crippen LogP contribution in [0.5, 0.6) is 6.01 Å². The lowest BCUT2D eigenvalue weighted by molar-refractivity contribution is -0.138. The third-order valence-corrected chi connectivity index (χ3v) is 2.81. The molecule has 1 saturated heterocycles. The normalized spacial score (nSPS) is 21.9. The number of nitrogens with zero attached hydrogens (tertiary/aromatic N) is 3. The first-order chi connectivity index (χ1) is 8.45. The Kier molecular flexibility index (Phi) is 3.70. The van der Waals surface area contributed by atoms with E-state index in [1.54, 1.807) is 0 Å². The van der Waals surface area contributed by atoms with Gasteiger partial charge in [0, 0.05) is 18.9 Å². The average molecular weight is 261 g/mol. The van der Waals surface area contributed by atoms with E-state index in [-0.39, 0.29) is 12.1 Å². The van der Waals surface area contributed by atoms with Crippen LogP contribution in [0.1, 0.15) is 18.4 Å².